The summed E-state index contributed by atoms with van der Waals surface area (Å²) >= 11 is 0. The molecule has 5 fully saturated rings. The minimum atomic E-state index is -1.93. The number of ether oxygens (including phenoxy) is 10. The summed E-state index contributed by atoms with van der Waals surface area (Å²) in [6.07, 6.45) is -21.3. The van der Waals surface area contributed by atoms with Crippen LogP contribution in [0.25, 0.3) is 10.8 Å². The van der Waals surface area contributed by atoms with Crippen molar-refractivity contribution < 1.29 is 113 Å². The summed E-state index contributed by atoms with van der Waals surface area (Å²) in [4.78, 5) is 41.2. The number of carbonyl (C=O) groups is 3. The molecule has 0 aromatic heterocycles. The number of benzene rings is 2. The van der Waals surface area contributed by atoms with E-state index in [9.17, 15) is 60.7 Å². The van der Waals surface area contributed by atoms with Gasteiger partial charge in [0.2, 0.25) is 6.29 Å². The van der Waals surface area contributed by atoms with Crippen LogP contribution in [0.5, 0.6) is 17.2 Å². The lowest BCUT2D eigenvalue weighted by Crippen LogP contribution is -2.56. The number of hydrogen-bond donors (Lipinski definition) is 10. The van der Waals surface area contributed by atoms with E-state index >= 15 is 4.79 Å². The van der Waals surface area contributed by atoms with E-state index in [0.717, 1.165) is 0 Å². The van der Waals surface area contributed by atoms with E-state index in [-0.39, 0.29) is 90.0 Å². The summed E-state index contributed by atoms with van der Waals surface area (Å²) in [5.74, 6) is -5.03. The standard InChI is InChI=1S/C57H84O23/c1-11-39(59)77-37-19-41(73-27(7)49(37)64)79-38-20-40(72-28(8)50(38)65)78-34-16-30-14-29-15-33(54(71-10)53(68)47(62)25(5)58)55(52(67)44(29)51(66)43(30)46(61)24(34)4)80-42-18-36(48(63)26(6)74-42)75-31-12-22(2)45(60)35(17-31)76-32-13-23(3)56(69)57(9,70)21-32/h14,16,22-23,25-28,31-33,35-38,40-42,45,47-50,54-56,58,60-66,69-70H,11-13,15,17-21H2,1-10H3/t22?,23?,25-,26?,27?,28?,31-,32-,33+,35-,36-,37-,38-,40+,41+,42+,45+,47+,48-,49-,50-,54+,55+,56-,57+/m1/s1. The first-order chi connectivity index (χ1) is 37.6. The van der Waals surface area contributed by atoms with E-state index in [2.05, 4.69) is 0 Å². The maximum Gasteiger partial charge on any atom is 0.305 e. The van der Waals surface area contributed by atoms with Gasteiger partial charge in [-0.05, 0) is 95.7 Å². The number of phenolic OH excluding ortho intramolecular Hbond substituents is 2. The molecule has 5 unspecified atom stereocenters. The molecule has 2 aromatic rings. The van der Waals surface area contributed by atoms with Crippen molar-refractivity contribution in [2.45, 2.75) is 254 Å². The maximum atomic E-state index is 15.1. The molecule has 6 aliphatic rings. The number of hydrogen-bond acceptors (Lipinski definition) is 23. The molecule has 3 aliphatic heterocycles. The van der Waals surface area contributed by atoms with Gasteiger partial charge in [0.15, 0.2) is 24.1 Å². The molecule has 23 nitrogen and oxygen atoms in total. The fourth-order valence-corrected chi connectivity index (χ4v) is 12.8. The Morgan fingerprint density at radius 3 is 1.89 bits per heavy atom. The molecular formula is C57H84O23. The number of aliphatic hydroxyl groups excluding tert-OH is 7. The molecule has 25 atom stereocenters. The molecule has 8 rings (SSSR count). The Balaban J connectivity index is 1.03. The minimum Gasteiger partial charge on any atom is -0.507 e. The van der Waals surface area contributed by atoms with E-state index in [1.165, 1.54) is 33.1 Å². The second-order valence-corrected chi connectivity index (χ2v) is 23.7. The summed E-state index contributed by atoms with van der Waals surface area (Å²) in [5.41, 5.74) is -1.28. The highest BCUT2D eigenvalue weighted by atomic mass is 16.7. The molecule has 10 N–H and O–H groups in total. The van der Waals surface area contributed by atoms with Crippen molar-refractivity contribution >= 4 is 28.3 Å². The zero-order valence-electron chi connectivity index (χ0n) is 47.2. The Kier molecular flexibility index (Phi) is 19.7. The van der Waals surface area contributed by atoms with Crippen LogP contribution in [-0.4, -0.2) is 210 Å². The first-order valence-electron chi connectivity index (χ1n) is 28.2. The number of methoxy groups -OCH3 is 1. The van der Waals surface area contributed by atoms with Crippen LogP contribution >= 0.6 is 0 Å². The molecule has 3 heterocycles. The Hall–Kier alpha value is -3.73. The third kappa shape index (κ3) is 13.0. The normalized spacial score (nSPS) is 40.9. The van der Waals surface area contributed by atoms with Crippen molar-refractivity contribution in [2.75, 3.05) is 7.11 Å². The molecule has 80 heavy (non-hydrogen) atoms. The second-order valence-electron chi connectivity index (χ2n) is 23.7. The van der Waals surface area contributed by atoms with Gasteiger partial charge in [0.05, 0.1) is 83.7 Å². The molecular weight excluding hydrogens is 1050 g/mol. The molecule has 2 aromatic carbocycles. The van der Waals surface area contributed by atoms with Crippen molar-refractivity contribution in [2.24, 2.45) is 17.8 Å². The molecule has 3 saturated heterocycles. The monoisotopic (exact) mass is 1140 g/mol. The van der Waals surface area contributed by atoms with Crippen LogP contribution < -0.4 is 4.74 Å². The zero-order chi connectivity index (χ0) is 58.6. The summed E-state index contributed by atoms with van der Waals surface area (Å²) in [7, 11) is 1.20. The van der Waals surface area contributed by atoms with Gasteiger partial charge in [0.1, 0.15) is 60.0 Å². The quantitative estimate of drug-likeness (QED) is 0.101. The lowest BCUT2D eigenvalue weighted by Gasteiger charge is -2.46. The summed E-state index contributed by atoms with van der Waals surface area (Å²) in [6.45, 7) is 14.4. The van der Waals surface area contributed by atoms with Crippen molar-refractivity contribution in [3.05, 3.63) is 28.8 Å². The first-order valence-corrected chi connectivity index (χ1v) is 28.2. The van der Waals surface area contributed by atoms with Crippen LogP contribution in [0.4, 0.5) is 0 Å². The van der Waals surface area contributed by atoms with Gasteiger partial charge in [-0.3, -0.25) is 14.4 Å². The predicted octanol–water partition coefficient (Wildman–Crippen LogP) is 2.04. The summed E-state index contributed by atoms with van der Waals surface area (Å²) < 4.78 is 61.4. The number of phenols is 2. The van der Waals surface area contributed by atoms with Gasteiger partial charge in [0.25, 0.3) is 0 Å². The van der Waals surface area contributed by atoms with Gasteiger partial charge in [-0.1, -0.05) is 20.8 Å². The number of esters is 1. The fraction of sp³-hybridized carbons (Fsp3) is 0.772. The largest absolute Gasteiger partial charge is 0.507 e. The SMILES string of the molecule is CCC(=O)O[C@@H]1C[C@H](O[C@@H]2C[C@H](Oc3cc4cc5c(c(O)c4c(O)c3C)C(=O)[C@@H](O[C@H]3C[C@@H](O[C@@H]4CC(C)[C@H](O)[C@H](O[C@@H]6CC(C)[C@@H](O)[C@@](C)(O)C6)C4)[C@H](O)C(C)O3)[C@H]([C@H](OC)C(=O)[C@@H](O)[C@@H](C)O)C5)OC(C)[C@H]2O)OC(C)[C@H]1O. The van der Waals surface area contributed by atoms with E-state index in [1.807, 2.05) is 13.8 Å². The van der Waals surface area contributed by atoms with Crippen molar-refractivity contribution in [3.63, 3.8) is 0 Å². The van der Waals surface area contributed by atoms with Gasteiger partial charge < -0.3 is 98.4 Å². The Morgan fingerprint density at radius 2 is 1.27 bits per heavy atom. The topological polar surface area (TPSA) is 346 Å². The Morgan fingerprint density at radius 1 is 0.725 bits per heavy atom. The fourth-order valence-electron chi connectivity index (χ4n) is 12.8. The minimum absolute atomic E-state index is 0.0112. The molecule has 3 aliphatic carbocycles. The highest BCUT2D eigenvalue weighted by molar-refractivity contribution is 6.11. The number of rotatable bonds is 17. The van der Waals surface area contributed by atoms with Gasteiger partial charge >= 0.3 is 5.97 Å². The third-order valence-corrected chi connectivity index (χ3v) is 17.4. The van der Waals surface area contributed by atoms with Crippen LogP contribution in [-0.2, 0) is 58.6 Å². The van der Waals surface area contributed by atoms with Crippen LogP contribution in [0.15, 0.2) is 12.1 Å². The highest BCUT2D eigenvalue weighted by Gasteiger charge is 2.51. The van der Waals surface area contributed by atoms with Gasteiger partial charge in [-0.25, -0.2) is 0 Å². The number of Topliss-reactive ketones (excluding diaryl/α,β-unsaturated/α-hetero) is 2. The average molecular weight is 1140 g/mol. The first kappa shape index (κ1) is 62.3. The van der Waals surface area contributed by atoms with Crippen molar-refractivity contribution in [1.82, 2.24) is 0 Å². The van der Waals surface area contributed by atoms with Gasteiger partial charge in [-0.2, -0.15) is 0 Å². The summed E-state index contributed by atoms with van der Waals surface area (Å²) in [6, 6.07) is 3.06. The van der Waals surface area contributed by atoms with Crippen LogP contribution in [0.1, 0.15) is 128 Å². The molecule has 0 radical (unpaired) electrons. The molecule has 0 bridgehead atoms. The zero-order valence-corrected chi connectivity index (χ0v) is 47.2. The number of carbonyl (C=O) groups excluding carboxylic acids is 3. The van der Waals surface area contributed by atoms with Gasteiger partial charge in [-0.15, -0.1) is 0 Å². The van der Waals surface area contributed by atoms with E-state index in [4.69, 9.17) is 47.4 Å². The second kappa shape index (κ2) is 25.2. The molecule has 0 amide bonds. The van der Waals surface area contributed by atoms with E-state index < -0.39 is 169 Å². The molecule has 450 valence electrons. The van der Waals surface area contributed by atoms with Crippen LogP contribution in [0.2, 0.25) is 0 Å². The predicted molar refractivity (Wildman–Crippen MR) is 279 cm³/mol. The molecule has 23 heteroatoms. The highest BCUT2D eigenvalue weighted by Crippen LogP contribution is 2.48. The Labute approximate surface area is 465 Å². The van der Waals surface area contributed by atoms with Gasteiger partial charge in [0, 0.05) is 57.1 Å². The lowest BCUT2D eigenvalue weighted by molar-refractivity contribution is -0.299. The number of aromatic hydroxyl groups is 2. The molecule has 2 saturated carbocycles. The summed E-state index contributed by atoms with van der Waals surface area (Å²) in [5, 5.41) is 111. The van der Waals surface area contributed by atoms with E-state index in [1.54, 1.807) is 34.6 Å². The van der Waals surface area contributed by atoms with Crippen molar-refractivity contribution in [1.29, 1.82) is 0 Å². The van der Waals surface area contributed by atoms with E-state index in [0.29, 0.717) is 12.8 Å². The number of aliphatic hydroxyl groups is 8. The number of fused-ring (bicyclic) bond motifs is 2. The van der Waals surface area contributed by atoms with Crippen molar-refractivity contribution in [3.8, 4) is 17.2 Å². The maximum absolute atomic E-state index is 15.1. The average Bonchev–Trinajstić information content (AvgIpc) is 3.58. The van der Waals surface area contributed by atoms with Crippen LogP contribution in [0, 0.1) is 24.7 Å². The third-order valence-electron chi connectivity index (χ3n) is 17.4. The molecule has 0 spiro atoms. The smallest absolute Gasteiger partial charge is 0.305 e. The Bertz CT molecular complexity index is 2500. The van der Waals surface area contributed by atoms with Crippen LogP contribution in [0.3, 0.4) is 0 Å². The number of ketones is 2. The lowest BCUT2D eigenvalue weighted by atomic mass is 9.75.